The van der Waals surface area contributed by atoms with Gasteiger partial charge in [0.15, 0.2) is 0 Å². The van der Waals surface area contributed by atoms with Crippen LogP contribution in [0.4, 0.5) is 0 Å². The molecule has 0 aliphatic heterocycles. The quantitative estimate of drug-likeness (QED) is 0.753. The van der Waals surface area contributed by atoms with E-state index < -0.39 is 0 Å². The number of hydrogen-bond acceptors (Lipinski definition) is 1. The number of hydrogen-bond donors (Lipinski definition) is 1. The molecule has 0 saturated heterocycles. The van der Waals surface area contributed by atoms with Crippen molar-refractivity contribution in [2.45, 2.75) is 26.0 Å². The Hall–Kier alpha value is -0.860. The van der Waals surface area contributed by atoms with E-state index in [-0.39, 0.29) is 6.10 Å². The van der Waals surface area contributed by atoms with E-state index >= 15 is 0 Å². The van der Waals surface area contributed by atoms with Crippen LogP contribution in [0.15, 0.2) is 24.3 Å². The van der Waals surface area contributed by atoms with Gasteiger partial charge in [0.1, 0.15) is 6.54 Å². The molecule has 0 spiro atoms. The molecule has 2 heteroatoms. The van der Waals surface area contributed by atoms with Crippen molar-refractivity contribution in [2.75, 3.05) is 21.1 Å². The Kier molecular flexibility index (Phi) is 3.89. The number of benzene rings is 1. The Bertz CT molecular complexity index is 297. The zero-order valence-electron chi connectivity index (χ0n) is 10.2. The van der Waals surface area contributed by atoms with Crippen molar-refractivity contribution in [1.29, 1.82) is 0 Å². The first-order valence-electron chi connectivity index (χ1n) is 5.50. The summed E-state index contributed by atoms with van der Waals surface area (Å²) in [6, 6.07) is 8.27. The number of nitrogens with zero attached hydrogens (tertiary/aromatic N) is 1. The molecule has 1 aromatic rings. The summed E-state index contributed by atoms with van der Waals surface area (Å²) in [5.74, 6) is 0. The average molecular weight is 208 g/mol. The molecule has 0 aliphatic carbocycles. The van der Waals surface area contributed by atoms with E-state index in [0.29, 0.717) is 0 Å². The van der Waals surface area contributed by atoms with E-state index in [9.17, 15) is 5.11 Å². The molecule has 0 aromatic heterocycles. The van der Waals surface area contributed by atoms with Gasteiger partial charge in [-0.25, -0.2) is 0 Å². The second kappa shape index (κ2) is 4.77. The zero-order chi connectivity index (χ0) is 11.5. The minimum absolute atomic E-state index is 0.317. The van der Waals surface area contributed by atoms with Crippen molar-refractivity contribution in [3.05, 3.63) is 35.4 Å². The van der Waals surface area contributed by atoms with Crippen LogP contribution in [0.25, 0.3) is 0 Å². The van der Waals surface area contributed by atoms with E-state index in [1.807, 2.05) is 19.1 Å². The van der Waals surface area contributed by atoms with Crippen molar-refractivity contribution in [1.82, 2.24) is 0 Å². The van der Waals surface area contributed by atoms with Crippen molar-refractivity contribution >= 4 is 0 Å². The van der Waals surface area contributed by atoms with Crippen LogP contribution in [0.2, 0.25) is 0 Å². The number of quaternary nitrogens is 1. The molecule has 0 amide bonds. The molecule has 1 N–H and O–H groups in total. The summed E-state index contributed by atoms with van der Waals surface area (Å²) in [5, 5.41) is 9.65. The molecular formula is C13H22NO+. The van der Waals surface area contributed by atoms with Crippen molar-refractivity contribution in [2.24, 2.45) is 0 Å². The fraction of sp³-hybridized carbons (Fsp3) is 0.538. The molecule has 1 atom stereocenters. The van der Waals surface area contributed by atoms with Gasteiger partial charge in [-0.1, -0.05) is 31.2 Å². The Balaban J connectivity index is 2.72. The first kappa shape index (κ1) is 12.2. The molecule has 84 valence electrons. The fourth-order valence-electron chi connectivity index (χ4n) is 1.63. The lowest BCUT2D eigenvalue weighted by molar-refractivity contribution is -0.884. The summed E-state index contributed by atoms with van der Waals surface area (Å²) in [6.45, 7) is 3.01. The van der Waals surface area contributed by atoms with E-state index in [0.717, 1.165) is 23.0 Å². The number of aliphatic hydroxyl groups excluding tert-OH is 1. The van der Waals surface area contributed by atoms with Crippen molar-refractivity contribution < 1.29 is 9.59 Å². The van der Waals surface area contributed by atoms with Gasteiger partial charge in [-0.15, -0.1) is 0 Å². The van der Waals surface area contributed by atoms with Crippen molar-refractivity contribution in [3.63, 3.8) is 0 Å². The molecule has 2 nitrogen and oxygen atoms in total. The Morgan fingerprint density at radius 2 is 1.67 bits per heavy atom. The van der Waals surface area contributed by atoms with Gasteiger partial charge in [-0.05, 0) is 12.0 Å². The van der Waals surface area contributed by atoms with Gasteiger partial charge < -0.3 is 9.59 Å². The minimum atomic E-state index is -0.317. The normalized spacial score (nSPS) is 13.9. The van der Waals surface area contributed by atoms with Crippen molar-refractivity contribution in [3.8, 4) is 0 Å². The number of aliphatic hydroxyl groups is 1. The van der Waals surface area contributed by atoms with Crippen LogP contribution < -0.4 is 0 Å². The summed E-state index contributed by atoms with van der Waals surface area (Å²) in [5.41, 5.74) is 2.33. The summed E-state index contributed by atoms with van der Waals surface area (Å²) >= 11 is 0. The Morgan fingerprint density at radius 3 is 2.07 bits per heavy atom. The highest BCUT2D eigenvalue weighted by Gasteiger charge is 2.09. The predicted molar refractivity (Wildman–Crippen MR) is 63.4 cm³/mol. The minimum Gasteiger partial charge on any atom is -0.388 e. The largest absolute Gasteiger partial charge is 0.388 e. The van der Waals surface area contributed by atoms with Crippen LogP contribution in [-0.2, 0) is 6.54 Å². The first-order chi connectivity index (χ1) is 6.92. The molecule has 1 aromatic carbocycles. The summed E-state index contributed by atoms with van der Waals surface area (Å²) in [6.07, 6.45) is 0.456. The van der Waals surface area contributed by atoms with Gasteiger partial charge in [0.25, 0.3) is 0 Å². The fourth-order valence-corrected chi connectivity index (χ4v) is 1.63. The van der Waals surface area contributed by atoms with Gasteiger partial charge in [0.2, 0.25) is 0 Å². The van der Waals surface area contributed by atoms with Crippen LogP contribution in [0.5, 0.6) is 0 Å². The van der Waals surface area contributed by atoms with Gasteiger partial charge in [-0.3, -0.25) is 0 Å². The molecule has 0 fully saturated rings. The Labute approximate surface area is 92.8 Å². The lowest BCUT2D eigenvalue weighted by Crippen LogP contribution is -2.33. The maximum absolute atomic E-state index is 9.65. The van der Waals surface area contributed by atoms with Gasteiger partial charge in [0, 0.05) is 5.56 Å². The van der Waals surface area contributed by atoms with Gasteiger partial charge in [-0.2, -0.15) is 0 Å². The molecular weight excluding hydrogens is 186 g/mol. The molecule has 0 heterocycles. The highest BCUT2D eigenvalue weighted by molar-refractivity contribution is 5.23. The molecule has 0 radical (unpaired) electrons. The topological polar surface area (TPSA) is 20.2 Å². The lowest BCUT2D eigenvalue weighted by atomic mass is 10.1. The maximum atomic E-state index is 9.65. The average Bonchev–Trinajstić information content (AvgIpc) is 2.15. The lowest BCUT2D eigenvalue weighted by Gasteiger charge is -2.24. The predicted octanol–water partition coefficient (Wildman–Crippen LogP) is 2.34. The third kappa shape index (κ3) is 4.02. The van der Waals surface area contributed by atoms with Crippen LogP contribution in [0.1, 0.15) is 30.6 Å². The molecule has 15 heavy (non-hydrogen) atoms. The number of rotatable bonds is 4. The Morgan fingerprint density at radius 1 is 1.13 bits per heavy atom. The second-order valence-corrected chi connectivity index (χ2v) is 5.11. The zero-order valence-corrected chi connectivity index (χ0v) is 10.2. The highest BCUT2D eigenvalue weighted by atomic mass is 16.3. The molecule has 1 unspecified atom stereocenters. The molecule has 0 saturated carbocycles. The second-order valence-electron chi connectivity index (χ2n) is 5.11. The van der Waals surface area contributed by atoms with Crippen LogP contribution in [0.3, 0.4) is 0 Å². The van der Waals surface area contributed by atoms with E-state index in [4.69, 9.17) is 0 Å². The van der Waals surface area contributed by atoms with E-state index in [1.54, 1.807) is 0 Å². The van der Waals surface area contributed by atoms with Crippen LogP contribution in [0, 0.1) is 0 Å². The van der Waals surface area contributed by atoms with Crippen LogP contribution >= 0.6 is 0 Å². The first-order valence-corrected chi connectivity index (χ1v) is 5.50. The summed E-state index contributed by atoms with van der Waals surface area (Å²) in [4.78, 5) is 0. The smallest absolute Gasteiger partial charge is 0.104 e. The summed E-state index contributed by atoms with van der Waals surface area (Å²) < 4.78 is 0.926. The molecule has 0 bridgehead atoms. The SMILES string of the molecule is CCC(O)c1ccc(C[N+](C)(C)C)cc1. The molecule has 1 rings (SSSR count). The van der Waals surface area contributed by atoms with Crippen LogP contribution in [-0.4, -0.2) is 30.7 Å². The third-order valence-corrected chi connectivity index (χ3v) is 2.41. The summed E-state index contributed by atoms with van der Waals surface area (Å²) in [7, 11) is 6.53. The molecule has 0 aliphatic rings. The highest BCUT2D eigenvalue weighted by Crippen LogP contribution is 2.17. The standard InChI is InChI=1S/C13H22NO/c1-5-13(15)12-8-6-11(7-9-12)10-14(2,3)4/h6-9,13,15H,5,10H2,1-4H3/q+1. The van der Waals surface area contributed by atoms with E-state index in [2.05, 4.69) is 33.3 Å². The third-order valence-electron chi connectivity index (χ3n) is 2.41. The van der Waals surface area contributed by atoms with E-state index in [1.165, 1.54) is 5.56 Å². The van der Waals surface area contributed by atoms with Gasteiger partial charge in [0.05, 0.1) is 27.2 Å². The van der Waals surface area contributed by atoms with Gasteiger partial charge >= 0.3 is 0 Å². The maximum Gasteiger partial charge on any atom is 0.104 e. The monoisotopic (exact) mass is 208 g/mol.